The van der Waals surface area contributed by atoms with E-state index in [1.807, 2.05) is 4.57 Å². The third-order valence-electron chi connectivity index (χ3n) is 6.71. The van der Waals surface area contributed by atoms with Gasteiger partial charge in [-0.1, -0.05) is 38.1 Å². The third-order valence-corrected chi connectivity index (χ3v) is 7.88. The first-order valence-electron chi connectivity index (χ1n) is 10.9. The van der Waals surface area contributed by atoms with E-state index in [0.717, 1.165) is 48.9 Å². The van der Waals surface area contributed by atoms with Crippen molar-refractivity contribution in [2.75, 3.05) is 13.2 Å². The second kappa shape index (κ2) is 7.59. The van der Waals surface area contributed by atoms with Gasteiger partial charge in [-0.25, -0.2) is 4.98 Å². The zero-order valence-electron chi connectivity index (χ0n) is 17.6. The zero-order chi connectivity index (χ0) is 20.9. The Morgan fingerprint density at radius 3 is 2.67 bits per heavy atom. The van der Waals surface area contributed by atoms with Crippen LogP contribution in [0.5, 0.6) is 0 Å². The number of hydrogen-bond acceptors (Lipinski definition) is 5. The summed E-state index contributed by atoms with van der Waals surface area (Å²) in [5.41, 5.74) is 3.93. The van der Waals surface area contributed by atoms with Gasteiger partial charge >= 0.3 is 0 Å². The quantitative estimate of drug-likeness (QED) is 0.661. The molecular formula is C24H29N3O2S. The van der Waals surface area contributed by atoms with Crippen LogP contribution >= 0.6 is 11.3 Å². The van der Waals surface area contributed by atoms with Crippen LogP contribution in [-0.4, -0.2) is 33.9 Å². The highest BCUT2D eigenvalue weighted by Gasteiger charge is 2.29. The van der Waals surface area contributed by atoms with Gasteiger partial charge < -0.3 is 10.4 Å². The fourth-order valence-corrected chi connectivity index (χ4v) is 6.08. The minimum absolute atomic E-state index is 0.116. The Labute approximate surface area is 180 Å². The lowest BCUT2D eigenvalue weighted by Crippen LogP contribution is -2.41. The van der Waals surface area contributed by atoms with Gasteiger partial charge in [0.15, 0.2) is 0 Å². The first-order valence-corrected chi connectivity index (χ1v) is 11.7. The molecule has 5 nitrogen and oxygen atoms in total. The van der Waals surface area contributed by atoms with Crippen LogP contribution in [0.1, 0.15) is 47.9 Å². The molecule has 0 amide bonds. The minimum Gasteiger partial charge on any atom is -0.396 e. The lowest BCUT2D eigenvalue weighted by Gasteiger charge is -2.28. The molecule has 2 aliphatic carbocycles. The summed E-state index contributed by atoms with van der Waals surface area (Å²) in [6, 6.07) is 9.05. The molecule has 0 aliphatic heterocycles. The number of aliphatic hydroxyl groups is 1. The van der Waals surface area contributed by atoms with Crippen molar-refractivity contribution in [3.05, 3.63) is 62.5 Å². The van der Waals surface area contributed by atoms with E-state index < -0.39 is 0 Å². The van der Waals surface area contributed by atoms with Crippen LogP contribution in [0.25, 0.3) is 10.2 Å². The highest BCUT2D eigenvalue weighted by Crippen LogP contribution is 2.35. The number of aromatic nitrogens is 2. The number of fused-ring (bicyclic) bond motifs is 4. The van der Waals surface area contributed by atoms with Crippen molar-refractivity contribution in [2.45, 2.75) is 58.0 Å². The van der Waals surface area contributed by atoms with Gasteiger partial charge in [0, 0.05) is 35.5 Å². The van der Waals surface area contributed by atoms with Crippen molar-refractivity contribution in [3.8, 4) is 0 Å². The fraction of sp³-hybridized carbons (Fsp3) is 0.500. The molecule has 2 aromatic heterocycles. The summed E-state index contributed by atoms with van der Waals surface area (Å²) in [6.45, 7) is 5.11. The molecule has 1 atom stereocenters. The van der Waals surface area contributed by atoms with Crippen molar-refractivity contribution in [1.82, 2.24) is 14.9 Å². The summed E-state index contributed by atoms with van der Waals surface area (Å²) in [7, 11) is 0. The van der Waals surface area contributed by atoms with Crippen LogP contribution in [0.2, 0.25) is 0 Å². The maximum absolute atomic E-state index is 13.5. The van der Waals surface area contributed by atoms with Gasteiger partial charge in [0.05, 0.1) is 11.7 Å². The number of nitrogens with zero attached hydrogens (tertiary/aromatic N) is 2. The Kier molecular flexibility index (Phi) is 5.04. The molecule has 0 bridgehead atoms. The van der Waals surface area contributed by atoms with Gasteiger partial charge in [-0.2, -0.15) is 0 Å². The van der Waals surface area contributed by atoms with Crippen molar-refractivity contribution >= 4 is 21.6 Å². The second-order valence-electron chi connectivity index (χ2n) is 9.61. The van der Waals surface area contributed by atoms with Gasteiger partial charge in [-0.15, -0.1) is 11.3 Å². The highest BCUT2D eigenvalue weighted by molar-refractivity contribution is 7.18. The second-order valence-corrected chi connectivity index (χ2v) is 10.7. The highest BCUT2D eigenvalue weighted by atomic mass is 32.1. The molecule has 1 unspecified atom stereocenters. The topological polar surface area (TPSA) is 67.2 Å². The summed E-state index contributed by atoms with van der Waals surface area (Å²) < 4.78 is 1.88. The summed E-state index contributed by atoms with van der Waals surface area (Å²) >= 11 is 1.68. The van der Waals surface area contributed by atoms with E-state index in [0.29, 0.717) is 6.04 Å². The summed E-state index contributed by atoms with van der Waals surface area (Å²) in [5.74, 6) is 0. The lowest BCUT2D eigenvalue weighted by atomic mass is 9.90. The Balaban J connectivity index is 1.41. The SMILES string of the molecule is CC(C)(CO)CNC1CCc2c(sc3ncn(C4Cc5ccccc5C4)c(=O)c23)C1. The maximum Gasteiger partial charge on any atom is 0.262 e. The normalized spacial score (nSPS) is 19.2. The van der Waals surface area contributed by atoms with Crippen LogP contribution in [0.15, 0.2) is 35.4 Å². The smallest absolute Gasteiger partial charge is 0.262 e. The summed E-state index contributed by atoms with van der Waals surface area (Å²) in [5, 5.41) is 14.0. The molecule has 5 rings (SSSR count). The number of aliphatic hydroxyl groups excluding tert-OH is 1. The van der Waals surface area contributed by atoms with Gasteiger partial charge in [0.2, 0.25) is 0 Å². The van der Waals surface area contributed by atoms with E-state index in [4.69, 9.17) is 4.98 Å². The van der Waals surface area contributed by atoms with Crippen molar-refractivity contribution < 1.29 is 5.11 Å². The van der Waals surface area contributed by atoms with Crippen LogP contribution in [0.4, 0.5) is 0 Å². The minimum atomic E-state index is -0.116. The number of aryl methyl sites for hydroxylation is 1. The van der Waals surface area contributed by atoms with Crippen molar-refractivity contribution in [2.24, 2.45) is 5.41 Å². The van der Waals surface area contributed by atoms with Crippen LogP contribution in [0.3, 0.4) is 0 Å². The fourth-order valence-electron chi connectivity index (χ4n) is 4.82. The molecule has 0 radical (unpaired) electrons. The Hall–Kier alpha value is -2.02. The molecule has 0 saturated heterocycles. The van der Waals surface area contributed by atoms with Crippen LogP contribution in [-0.2, 0) is 25.7 Å². The molecule has 30 heavy (non-hydrogen) atoms. The zero-order valence-corrected chi connectivity index (χ0v) is 18.5. The lowest BCUT2D eigenvalue weighted by molar-refractivity contribution is 0.152. The largest absolute Gasteiger partial charge is 0.396 e. The van der Waals surface area contributed by atoms with Gasteiger partial charge in [-0.05, 0) is 48.8 Å². The van der Waals surface area contributed by atoms with E-state index in [9.17, 15) is 9.90 Å². The molecule has 158 valence electrons. The summed E-state index contributed by atoms with van der Waals surface area (Å²) in [6.07, 6.45) is 6.45. The van der Waals surface area contributed by atoms with E-state index in [1.165, 1.54) is 21.6 Å². The Morgan fingerprint density at radius 2 is 1.97 bits per heavy atom. The molecule has 2 aliphatic rings. The molecule has 0 fully saturated rings. The van der Waals surface area contributed by atoms with Crippen molar-refractivity contribution in [3.63, 3.8) is 0 Å². The number of hydrogen-bond donors (Lipinski definition) is 2. The Morgan fingerprint density at radius 1 is 1.23 bits per heavy atom. The molecule has 6 heteroatoms. The van der Waals surface area contributed by atoms with Crippen LogP contribution < -0.4 is 10.9 Å². The van der Waals surface area contributed by atoms with E-state index >= 15 is 0 Å². The van der Waals surface area contributed by atoms with Crippen molar-refractivity contribution in [1.29, 1.82) is 0 Å². The predicted octanol–water partition coefficient (Wildman–Crippen LogP) is 3.26. The first kappa shape index (κ1) is 19.9. The van der Waals surface area contributed by atoms with Gasteiger partial charge in [0.25, 0.3) is 5.56 Å². The standard InChI is InChI=1S/C24H29N3O2S/c1-24(2,13-28)12-25-17-7-8-19-20(11-17)30-22-21(19)23(29)27(14-26-22)18-9-15-5-3-4-6-16(15)10-18/h3-6,14,17-18,25,28H,7-13H2,1-2H3. The number of rotatable bonds is 5. The predicted molar refractivity (Wildman–Crippen MR) is 121 cm³/mol. The first-order chi connectivity index (χ1) is 14.4. The molecule has 1 aromatic carbocycles. The number of benzene rings is 1. The molecule has 2 N–H and O–H groups in total. The maximum atomic E-state index is 13.5. The van der Waals surface area contributed by atoms with Gasteiger partial charge in [-0.3, -0.25) is 9.36 Å². The van der Waals surface area contributed by atoms with Gasteiger partial charge in [0.1, 0.15) is 4.83 Å². The van der Waals surface area contributed by atoms with E-state index in [1.54, 1.807) is 17.7 Å². The molecule has 0 spiro atoms. The monoisotopic (exact) mass is 423 g/mol. The van der Waals surface area contributed by atoms with E-state index in [-0.39, 0.29) is 23.6 Å². The molecular weight excluding hydrogens is 394 g/mol. The number of thiophene rings is 1. The summed E-state index contributed by atoms with van der Waals surface area (Å²) in [4.78, 5) is 20.4. The van der Waals surface area contributed by atoms with Crippen LogP contribution in [0, 0.1) is 5.41 Å². The average Bonchev–Trinajstić information content (AvgIpc) is 3.33. The average molecular weight is 424 g/mol. The Bertz CT molecular complexity index is 1120. The molecule has 2 heterocycles. The molecule has 3 aromatic rings. The molecule has 0 saturated carbocycles. The third kappa shape index (κ3) is 3.51. The van der Waals surface area contributed by atoms with E-state index in [2.05, 4.69) is 43.4 Å². The number of nitrogens with one attached hydrogen (secondary N) is 1.